The molecular weight excluding hydrogens is 122 g/mol. The highest BCUT2D eigenvalue weighted by Gasteiger charge is 2.23. The minimum absolute atomic E-state index is 0.399. The Labute approximate surface area is 64.0 Å². The second kappa shape index (κ2) is 3.38. The van der Waals surface area contributed by atoms with Crippen LogP contribution in [0.3, 0.4) is 0 Å². The average Bonchev–Trinajstić information content (AvgIpc) is 1.55. The molecule has 1 aliphatic carbocycles. The van der Waals surface area contributed by atoms with Crippen molar-refractivity contribution in [3.05, 3.63) is 0 Å². The summed E-state index contributed by atoms with van der Waals surface area (Å²) in [5, 5.41) is 0. The maximum atomic E-state index is 5.71. The van der Waals surface area contributed by atoms with Crippen LogP contribution in [0.15, 0.2) is 0 Å². The molecule has 1 nitrogen and oxygen atoms in total. The SMILES string of the molecule is CC(N)CC(C)C1CCC1. The molecule has 1 heteroatoms. The summed E-state index contributed by atoms with van der Waals surface area (Å²) in [5.41, 5.74) is 5.71. The third kappa shape index (κ3) is 1.98. The molecule has 1 saturated carbocycles. The molecule has 2 N–H and O–H groups in total. The molecule has 1 fully saturated rings. The van der Waals surface area contributed by atoms with E-state index in [1.165, 1.54) is 25.7 Å². The van der Waals surface area contributed by atoms with Crippen molar-refractivity contribution in [2.75, 3.05) is 0 Å². The Bertz CT molecular complexity index is 94.9. The topological polar surface area (TPSA) is 26.0 Å². The summed E-state index contributed by atoms with van der Waals surface area (Å²) in [4.78, 5) is 0. The quantitative estimate of drug-likeness (QED) is 0.640. The zero-order valence-electron chi connectivity index (χ0n) is 7.14. The summed E-state index contributed by atoms with van der Waals surface area (Å²) in [6.07, 6.45) is 5.57. The number of hydrogen-bond donors (Lipinski definition) is 1. The number of hydrogen-bond acceptors (Lipinski definition) is 1. The Balaban J connectivity index is 2.13. The van der Waals surface area contributed by atoms with Gasteiger partial charge in [0.1, 0.15) is 0 Å². The number of rotatable bonds is 3. The monoisotopic (exact) mass is 141 g/mol. The fourth-order valence-corrected chi connectivity index (χ4v) is 1.79. The van der Waals surface area contributed by atoms with Gasteiger partial charge in [0.15, 0.2) is 0 Å². The van der Waals surface area contributed by atoms with Crippen LogP contribution in [0.25, 0.3) is 0 Å². The fourth-order valence-electron chi connectivity index (χ4n) is 1.79. The highest BCUT2D eigenvalue weighted by atomic mass is 14.6. The molecule has 60 valence electrons. The van der Waals surface area contributed by atoms with E-state index in [9.17, 15) is 0 Å². The minimum Gasteiger partial charge on any atom is -0.328 e. The van der Waals surface area contributed by atoms with E-state index in [1.807, 2.05) is 0 Å². The van der Waals surface area contributed by atoms with Crippen LogP contribution in [-0.4, -0.2) is 6.04 Å². The molecule has 0 aromatic rings. The largest absolute Gasteiger partial charge is 0.328 e. The van der Waals surface area contributed by atoms with Crippen LogP contribution in [0.2, 0.25) is 0 Å². The average molecular weight is 141 g/mol. The molecule has 0 saturated heterocycles. The lowest BCUT2D eigenvalue weighted by atomic mass is 9.75. The summed E-state index contributed by atoms with van der Waals surface area (Å²) in [6, 6.07) is 0.399. The highest BCUT2D eigenvalue weighted by Crippen LogP contribution is 2.34. The maximum absolute atomic E-state index is 5.71. The van der Waals surface area contributed by atoms with Crippen LogP contribution in [0.4, 0.5) is 0 Å². The first-order valence-electron chi connectivity index (χ1n) is 4.45. The molecule has 0 heterocycles. The predicted molar refractivity (Wildman–Crippen MR) is 44.8 cm³/mol. The summed E-state index contributed by atoms with van der Waals surface area (Å²) >= 11 is 0. The van der Waals surface area contributed by atoms with Gasteiger partial charge in [0.05, 0.1) is 0 Å². The Kier molecular flexibility index (Phi) is 2.72. The lowest BCUT2D eigenvalue weighted by molar-refractivity contribution is 0.204. The lowest BCUT2D eigenvalue weighted by Crippen LogP contribution is -2.26. The van der Waals surface area contributed by atoms with E-state index >= 15 is 0 Å². The molecule has 2 atom stereocenters. The predicted octanol–water partition coefficient (Wildman–Crippen LogP) is 2.16. The molecule has 1 aliphatic rings. The van der Waals surface area contributed by atoms with Crippen LogP contribution in [0.1, 0.15) is 39.5 Å². The first-order chi connectivity index (χ1) is 4.70. The van der Waals surface area contributed by atoms with Crippen molar-refractivity contribution >= 4 is 0 Å². The summed E-state index contributed by atoms with van der Waals surface area (Å²) < 4.78 is 0. The zero-order chi connectivity index (χ0) is 7.56. The molecule has 0 spiro atoms. The van der Waals surface area contributed by atoms with Gasteiger partial charge in [-0.25, -0.2) is 0 Å². The van der Waals surface area contributed by atoms with E-state index in [0.717, 1.165) is 11.8 Å². The van der Waals surface area contributed by atoms with Crippen LogP contribution in [0, 0.1) is 11.8 Å². The molecule has 0 aliphatic heterocycles. The zero-order valence-corrected chi connectivity index (χ0v) is 7.14. The normalized spacial score (nSPS) is 25.5. The van der Waals surface area contributed by atoms with Crippen LogP contribution < -0.4 is 5.73 Å². The lowest BCUT2D eigenvalue weighted by Gasteiger charge is -2.32. The molecule has 0 radical (unpaired) electrons. The van der Waals surface area contributed by atoms with Crippen molar-refractivity contribution in [3.63, 3.8) is 0 Å². The van der Waals surface area contributed by atoms with Gasteiger partial charge in [-0.05, 0) is 25.2 Å². The van der Waals surface area contributed by atoms with E-state index in [1.54, 1.807) is 0 Å². The molecule has 0 amide bonds. The van der Waals surface area contributed by atoms with Gasteiger partial charge in [0.2, 0.25) is 0 Å². The summed E-state index contributed by atoms with van der Waals surface area (Å²) in [5.74, 6) is 1.87. The van der Waals surface area contributed by atoms with Gasteiger partial charge in [-0.2, -0.15) is 0 Å². The van der Waals surface area contributed by atoms with E-state index in [0.29, 0.717) is 6.04 Å². The van der Waals surface area contributed by atoms with E-state index in [2.05, 4.69) is 13.8 Å². The minimum atomic E-state index is 0.399. The van der Waals surface area contributed by atoms with Crippen molar-refractivity contribution < 1.29 is 0 Å². The molecule has 2 unspecified atom stereocenters. The second-order valence-corrected chi connectivity index (χ2v) is 3.88. The molecule has 1 rings (SSSR count). The van der Waals surface area contributed by atoms with Crippen molar-refractivity contribution in [2.45, 2.75) is 45.6 Å². The molecule has 0 aromatic heterocycles. The van der Waals surface area contributed by atoms with Gasteiger partial charge < -0.3 is 5.73 Å². The first kappa shape index (κ1) is 8.06. The van der Waals surface area contributed by atoms with Crippen LogP contribution in [0.5, 0.6) is 0 Å². The third-order valence-corrected chi connectivity index (χ3v) is 2.70. The Hall–Kier alpha value is -0.0400. The first-order valence-corrected chi connectivity index (χ1v) is 4.45. The van der Waals surface area contributed by atoms with Gasteiger partial charge in [0, 0.05) is 6.04 Å². The van der Waals surface area contributed by atoms with E-state index in [-0.39, 0.29) is 0 Å². The fraction of sp³-hybridized carbons (Fsp3) is 1.00. The van der Waals surface area contributed by atoms with Gasteiger partial charge in [0.25, 0.3) is 0 Å². The molecule has 10 heavy (non-hydrogen) atoms. The van der Waals surface area contributed by atoms with E-state index < -0.39 is 0 Å². The smallest absolute Gasteiger partial charge is 0.00131 e. The van der Waals surface area contributed by atoms with E-state index in [4.69, 9.17) is 5.73 Å². The third-order valence-electron chi connectivity index (χ3n) is 2.70. The molecule has 0 bridgehead atoms. The molecule has 0 aromatic carbocycles. The second-order valence-electron chi connectivity index (χ2n) is 3.88. The van der Waals surface area contributed by atoms with Crippen molar-refractivity contribution in [1.29, 1.82) is 0 Å². The van der Waals surface area contributed by atoms with Crippen molar-refractivity contribution in [2.24, 2.45) is 17.6 Å². The van der Waals surface area contributed by atoms with Crippen LogP contribution in [-0.2, 0) is 0 Å². The maximum Gasteiger partial charge on any atom is 0.00131 e. The Morgan fingerprint density at radius 2 is 2.00 bits per heavy atom. The van der Waals surface area contributed by atoms with Gasteiger partial charge in [-0.15, -0.1) is 0 Å². The van der Waals surface area contributed by atoms with Crippen molar-refractivity contribution in [3.8, 4) is 0 Å². The van der Waals surface area contributed by atoms with Gasteiger partial charge in [-0.1, -0.05) is 26.2 Å². The van der Waals surface area contributed by atoms with Gasteiger partial charge >= 0.3 is 0 Å². The highest BCUT2D eigenvalue weighted by molar-refractivity contribution is 4.76. The summed E-state index contributed by atoms with van der Waals surface area (Å²) in [7, 11) is 0. The Morgan fingerprint density at radius 1 is 1.40 bits per heavy atom. The van der Waals surface area contributed by atoms with Crippen molar-refractivity contribution in [1.82, 2.24) is 0 Å². The van der Waals surface area contributed by atoms with Crippen LogP contribution >= 0.6 is 0 Å². The molecular formula is C9H19N. The Morgan fingerprint density at radius 3 is 2.30 bits per heavy atom. The standard InChI is InChI=1S/C9H19N/c1-7(6-8(2)10)9-4-3-5-9/h7-9H,3-6,10H2,1-2H3. The summed E-state index contributed by atoms with van der Waals surface area (Å²) in [6.45, 7) is 4.45. The van der Waals surface area contributed by atoms with Gasteiger partial charge in [-0.3, -0.25) is 0 Å². The number of nitrogens with two attached hydrogens (primary N) is 1.